The second kappa shape index (κ2) is 3.21. The van der Waals surface area contributed by atoms with Crippen LogP contribution in [0.1, 0.15) is 20.8 Å². The van der Waals surface area contributed by atoms with E-state index in [9.17, 15) is 0 Å². The Kier molecular flexibility index (Phi) is 3.30. The third-order valence-corrected chi connectivity index (χ3v) is 2.05. The second-order valence-corrected chi connectivity index (χ2v) is 2.66. The first-order valence-corrected chi connectivity index (χ1v) is 3.53. The van der Waals surface area contributed by atoms with Gasteiger partial charge in [0.15, 0.2) is 0 Å². The summed E-state index contributed by atoms with van der Waals surface area (Å²) in [5.74, 6) is 0.678. The molecule has 0 aromatic heterocycles. The summed E-state index contributed by atoms with van der Waals surface area (Å²) < 4.78 is 5.15. The highest BCUT2D eigenvalue weighted by Gasteiger charge is 2.01. The molecule has 0 saturated carbocycles. The number of hydrogen-bond donors (Lipinski definition) is 0. The zero-order chi connectivity index (χ0) is 5.86. The van der Waals surface area contributed by atoms with Crippen molar-refractivity contribution in [3.8, 4) is 0 Å². The minimum absolute atomic E-state index is 0.465. The molecule has 0 aliphatic rings. The first-order chi connectivity index (χ1) is 3.18. The van der Waals surface area contributed by atoms with Crippen molar-refractivity contribution in [3.63, 3.8) is 0 Å². The van der Waals surface area contributed by atoms with Gasteiger partial charge in [-0.3, -0.25) is 0 Å². The van der Waals surface area contributed by atoms with Crippen molar-refractivity contribution >= 4 is 10.5 Å². The topological polar surface area (TPSA) is 9.23 Å². The Morgan fingerprint density at radius 1 is 1.29 bits per heavy atom. The van der Waals surface area contributed by atoms with Crippen LogP contribution in [0.15, 0.2) is 0 Å². The standard InChI is InChI=1S/C5H14OSi/c1-4(2)5(3)6-7/h4-5H,1-3,7H3. The Labute approximate surface area is 48.6 Å². The molecule has 0 heterocycles. The highest BCUT2D eigenvalue weighted by Crippen LogP contribution is 2.01. The molecule has 7 heavy (non-hydrogen) atoms. The van der Waals surface area contributed by atoms with Crippen molar-refractivity contribution in [2.75, 3.05) is 0 Å². The molecule has 0 N–H and O–H groups in total. The van der Waals surface area contributed by atoms with Crippen LogP contribution < -0.4 is 0 Å². The van der Waals surface area contributed by atoms with E-state index in [0.29, 0.717) is 12.0 Å². The summed E-state index contributed by atoms with van der Waals surface area (Å²) >= 11 is 0. The molecule has 0 radical (unpaired) electrons. The van der Waals surface area contributed by atoms with E-state index < -0.39 is 0 Å². The van der Waals surface area contributed by atoms with Crippen LogP contribution in [0.25, 0.3) is 0 Å². The minimum Gasteiger partial charge on any atom is -0.425 e. The molecule has 2 heteroatoms. The van der Waals surface area contributed by atoms with Gasteiger partial charge in [-0.25, -0.2) is 0 Å². The van der Waals surface area contributed by atoms with E-state index >= 15 is 0 Å². The molecule has 1 atom stereocenters. The zero-order valence-corrected chi connectivity index (χ0v) is 7.56. The Morgan fingerprint density at radius 3 is 1.71 bits per heavy atom. The molecule has 0 aliphatic carbocycles. The average Bonchev–Trinajstić information content (AvgIpc) is 1.65. The van der Waals surface area contributed by atoms with Crippen LogP contribution >= 0.6 is 0 Å². The van der Waals surface area contributed by atoms with Crippen LogP contribution in [-0.4, -0.2) is 16.6 Å². The van der Waals surface area contributed by atoms with E-state index in [1.807, 2.05) is 0 Å². The summed E-state index contributed by atoms with van der Waals surface area (Å²) in [5, 5.41) is 0. The molecular formula is C5H14OSi. The maximum Gasteiger partial charge on any atom is 0.146 e. The lowest BCUT2D eigenvalue weighted by Gasteiger charge is -2.12. The molecule has 0 saturated heterocycles. The van der Waals surface area contributed by atoms with Gasteiger partial charge in [0.05, 0.1) is 0 Å². The van der Waals surface area contributed by atoms with E-state index in [0.717, 1.165) is 10.5 Å². The highest BCUT2D eigenvalue weighted by molar-refractivity contribution is 5.98. The van der Waals surface area contributed by atoms with Gasteiger partial charge in [0.1, 0.15) is 10.5 Å². The van der Waals surface area contributed by atoms with Gasteiger partial charge in [-0.1, -0.05) is 13.8 Å². The SMILES string of the molecule is CC(C)C(C)O[SiH3]. The maximum absolute atomic E-state index is 5.15. The molecule has 0 aromatic rings. The third kappa shape index (κ3) is 2.82. The van der Waals surface area contributed by atoms with Crippen LogP contribution in [-0.2, 0) is 4.43 Å². The molecule has 44 valence electrons. The van der Waals surface area contributed by atoms with Crippen LogP contribution in [0.2, 0.25) is 0 Å². The fourth-order valence-electron chi connectivity index (χ4n) is 0.272. The fourth-order valence-corrected chi connectivity index (χ4v) is 0.816. The van der Waals surface area contributed by atoms with Crippen molar-refractivity contribution < 1.29 is 4.43 Å². The predicted octanol–water partition coefficient (Wildman–Crippen LogP) is 0.328. The number of rotatable bonds is 2. The van der Waals surface area contributed by atoms with E-state index in [1.54, 1.807) is 0 Å². The van der Waals surface area contributed by atoms with Crippen LogP contribution in [0.4, 0.5) is 0 Å². The molecule has 0 bridgehead atoms. The van der Waals surface area contributed by atoms with Gasteiger partial charge >= 0.3 is 0 Å². The van der Waals surface area contributed by atoms with Gasteiger partial charge in [-0.2, -0.15) is 0 Å². The lowest BCUT2D eigenvalue weighted by molar-refractivity contribution is 0.187. The second-order valence-electron chi connectivity index (χ2n) is 2.18. The van der Waals surface area contributed by atoms with Crippen molar-refractivity contribution in [2.45, 2.75) is 26.9 Å². The summed E-state index contributed by atoms with van der Waals surface area (Å²) in [6.45, 7) is 6.45. The van der Waals surface area contributed by atoms with Crippen LogP contribution in [0, 0.1) is 5.92 Å². The first kappa shape index (κ1) is 7.18. The molecule has 0 amide bonds. The molecule has 1 unspecified atom stereocenters. The molecule has 0 aromatic carbocycles. The Balaban J connectivity index is 3.14. The number of hydrogen-bond acceptors (Lipinski definition) is 1. The summed E-state index contributed by atoms with van der Waals surface area (Å²) in [7, 11) is 0.871. The average molecular weight is 118 g/mol. The fraction of sp³-hybridized carbons (Fsp3) is 1.00. The lowest BCUT2D eigenvalue weighted by atomic mass is 10.1. The largest absolute Gasteiger partial charge is 0.425 e. The van der Waals surface area contributed by atoms with Gasteiger partial charge in [-0.05, 0) is 12.8 Å². The molecule has 0 spiro atoms. The summed E-state index contributed by atoms with van der Waals surface area (Å²) in [4.78, 5) is 0. The zero-order valence-electron chi connectivity index (χ0n) is 5.56. The predicted molar refractivity (Wildman–Crippen MR) is 35.3 cm³/mol. The van der Waals surface area contributed by atoms with Gasteiger partial charge < -0.3 is 4.43 Å². The maximum atomic E-state index is 5.15. The normalized spacial score (nSPS) is 15.4. The monoisotopic (exact) mass is 118 g/mol. The van der Waals surface area contributed by atoms with Crippen molar-refractivity contribution in [2.24, 2.45) is 5.92 Å². The van der Waals surface area contributed by atoms with E-state index in [2.05, 4.69) is 20.8 Å². The van der Waals surface area contributed by atoms with Crippen LogP contribution in [0.3, 0.4) is 0 Å². The van der Waals surface area contributed by atoms with E-state index in [-0.39, 0.29) is 0 Å². The van der Waals surface area contributed by atoms with Gasteiger partial charge in [0, 0.05) is 6.10 Å². The van der Waals surface area contributed by atoms with E-state index in [4.69, 9.17) is 4.43 Å². The quantitative estimate of drug-likeness (QED) is 0.475. The van der Waals surface area contributed by atoms with Crippen LogP contribution in [0.5, 0.6) is 0 Å². The smallest absolute Gasteiger partial charge is 0.146 e. The van der Waals surface area contributed by atoms with Crippen molar-refractivity contribution in [3.05, 3.63) is 0 Å². The van der Waals surface area contributed by atoms with Gasteiger partial charge in [-0.15, -0.1) is 0 Å². The highest BCUT2D eigenvalue weighted by atomic mass is 28.2. The molecule has 0 fully saturated rings. The third-order valence-electron chi connectivity index (χ3n) is 1.31. The minimum atomic E-state index is 0.465. The summed E-state index contributed by atoms with van der Waals surface area (Å²) in [6, 6.07) is 0. The molecular weight excluding hydrogens is 104 g/mol. The van der Waals surface area contributed by atoms with Gasteiger partial charge in [0.2, 0.25) is 0 Å². The van der Waals surface area contributed by atoms with Crippen molar-refractivity contribution in [1.29, 1.82) is 0 Å². The van der Waals surface area contributed by atoms with E-state index in [1.165, 1.54) is 0 Å². The van der Waals surface area contributed by atoms with Crippen molar-refractivity contribution in [1.82, 2.24) is 0 Å². The summed E-state index contributed by atoms with van der Waals surface area (Å²) in [5.41, 5.74) is 0. The summed E-state index contributed by atoms with van der Waals surface area (Å²) in [6.07, 6.45) is 0.465. The van der Waals surface area contributed by atoms with Gasteiger partial charge in [0.25, 0.3) is 0 Å². The molecule has 1 nitrogen and oxygen atoms in total. The molecule has 0 rings (SSSR count). The Morgan fingerprint density at radius 2 is 1.71 bits per heavy atom. The lowest BCUT2D eigenvalue weighted by Crippen LogP contribution is -2.12. The Bertz CT molecular complexity index is 45.3. The molecule has 0 aliphatic heterocycles. The first-order valence-electron chi connectivity index (χ1n) is 2.71. The Hall–Kier alpha value is 0.177.